The Morgan fingerprint density at radius 1 is 0.912 bits per heavy atom. The van der Waals surface area contributed by atoms with E-state index in [1.165, 1.54) is 12.1 Å². The van der Waals surface area contributed by atoms with Gasteiger partial charge < -0.3 is 9.47 Å². The van der Waals surface area contributed by atoms with Crippen molar-refractivity contribution in [3.05, 3.63) is 94.5 Å². The van der Waals surface area contributed by atoms with Crippen LogP contribution < -0.4 is 9.47 Å². The largest absolute Gasteiger partial charge is 0.493 e. The number of nitrogens with zero attached hydrogens (tertiary/aromatic N) is 4. The van der Waals surface area contributed by atoms with Gasteiger partial charge >= 0.3 is 0 Å². The average Bonchev–Trinajstić information content (AvgIpc) is 3.14. The maximum Gasteiger partial charge on any atom is 0.199 e. The molecule has 3 aromatic carbocycles. The van der Waals surface area contributed by atoms with Crippen molar-refractivity contribution in [3.8, 4) is 22.9 Å². The predicted octanol–water partition coefficient (Wildman–Crippen LogP) is 5.38. The van der Waals surface area contributed by atoms with Crippen LogP contribution in [0.15, 0.2) is 72.8 Å². The summed E-state index contributed by atoms with van der Waals surface area (Å²) in [6, 6.07) is 22.3. The van der Waals surface area contributed by atoms with Crippen molar-refractivity contribution in [1.29, 1.82) is 0 Å². The van der Waals surface area contributed by atoms with Gasteiger partial charge in [-0.15, -0.1) is 0 Å². The fourth-order valence-electron chi connectivity index (χ4n) is 3.82. The Balaban J connectivity index is 1.62. The van der Waals surface area contributed by atoms with Crippen LogP contribution in [0.4, 0.5) is 4.39 Å². The van der Waals surface area contributed by atoms with Gasteiger partial charge in [-0.3, -0.25) is 9.47 Å². The fraction of sp³-hybridized carbons (Fsp3) is 0.231. The molecule has 0 spiro atoms. The van der Waals surface area contributed by atoms with Crippen molar-refractivity contribution in [1.82, 2.24) is 19.2 Å². The van der Waals surface area contributed by atoms with Crippen molar-refractivity contribution in [2.75, 3.05) is 21.3 Å². The van der Waals surface area contributed by atoms with Crippen LogP contribution in [-0.2, 0) is 19.8 Å². The van der Waals surface area contributed by atoms with Crippen LogP contribution in [0.3, 0.4) is 0 Å². The Hall–Kier alpha value is -3.49. The smallest absolute Gasteiger partial charge is 0.199 e. The molecule has 6 nitrogen and oxygen atoms in total. The maximum absolute atomic E-state index is 13.5. The van der Waals surface area contributed by atoms with Crippen molar-refractivity contribution >= 4 is 12.2 Å². The lowest BCUT2D eigenvalue weighted by molar-refractivity contribution is 0.243. The lowest BCUT2D eigenvalue weighted by atomic mass is 10.2. The second-order valence-electron chi connectivity index (χ2n) is 8.03. The molecule has 0 amide bonds. The molecule has 0 fully saturated rings. The number of aromatic nitrogens is 3. The number of methoxy groups -OCH3 is 2. The Labute approximate surface area is 203 Å². The summed E-state index contributed by atoms with van der Waals surface area (Å²) in [5.41, 5.74) is 3.00. The normalized spacial score (nSPS) is 11.1. The molecule has 0 aliphatic rings. The minimum Gasteiger partial charge on any atom is -0.493 e. The van der Waals surface area contributed by atoms with Gasteiger partial charge in [0, 0.05) is 12.1 Å². The number of hydrogen-bond donors (Lipinski definition) is 0. The number of halogens is 1. The lowest BCUT2D eigenvalue weighted by Gasteiger charge is -2.17. The molecule has 0 saturated carbocycles. The van der Waals surface area contributed by atoms with Crippen molar-refractivity contribution in [2.24, 2.45) is 0 Å². The zero-order chi connectivity index (χ0) is 24.1. The van der Waals surface area contributed by atoms with Gasteiger partial charge in [-0.1, -0.05) is 36.4 Å². The summed E-state index contributed by atoms with van der Waals surface area (Å²) in [5, 5.41) is 4.82. The molecule has 0 atom stereocenters. The quantitative estimate of drug-likeness (QED) is 0.303. The van der Waals surface area contributed by atoms with Crippen molar-refractivity contribution in [2.45, 2.75) is 19.8 Å². The first kappa shape index (κ1) is 23.7. The molecule has 0 N–H and O–H groups in total. The highest BCUT2D eigenvalue weighted by Crippen LogP contribution is 2.28. The van der Waals surface area contributed by atoms with E-state index in [9.17, 15) is 4.39 Å². The van der Waals surface area contributed by atoms with Gasteiger partial charge in [-0.05, 0) is 66.8 Å². The summed E-state index contributed by atoms with van der Waals surface area (Å²) >= 11 is 5.82. The highest BCUT2D eigenvalue weighted by atomic mass is 32.1. The second kappa shape index (κ2) is 10.6. The SMILES string of the molecule is COc1ccc(CN(C)Cn2nc(-c3ccc(F)cc3)n(Cc3ccccc3)c2=S)cc1OC. The predicted molar refractivity (Wildman–Crippen MR) is 133 cm³/mol. The summed E-state index contributed by atoms with van der Waals surface area (Å²) in [6.45, 7) is 1.73. The molecule has 0 radical (unpaired) electrons. The lowest BCUT2D eigenvalue weighted by Crippen LogP contribution is -2.22. The zero-order valence-electron chi connectivity index (χ0n) is 19.4. The summed E-state index contributed by atoms with van der Waals surface area (Å²) in [7, 11) is 5.25. The number of hydrogen-bond acceptors (Lipinski definition) is 5. The van der Waals surface area contributed by atoms with E-state index in [1.54, 1.807) is 31.0 Å². The molecule has 0 bridgehead atoms. The first-order valence-electron chi connectivity index (χ1n) is 10.9. The summed E-state index contributed by atoms with van der Waals surface area (Å²) in [5.74, 6) is 1.80. The van der Waals surface area contributed by atoms with Crippen molar-refractivity contribution in [3.63, 3.8) is 0 Å². The van der Waals surface area contributed by atoms with Crippen LogP contribution in [0, 0.1) is 10.6 Å². The maximum atomic E-state index is 13.5. The third-order valence-electron chi connectivity index (χ3n) is 5.48. The molecular weight excluding hydrogens is 451 g/mol. The van der Waals surface area contributed by atoms with E-state index in [0.29, 0.717) is 41.9 Å². The number of rotatable bonds is 9. The minimum absolute atomic E-state index is 0.286. The second-order valence-corrected chi connectivity index (χ2v) is 8.39. The van der Waals surface area contributed by atoms with E-state index in [-0.39, 0.29) is 5.82 Å². The molecule has 1 aromatic heterocycles. The molecule has 176 valence electrons. The molecule has 8 heteroatoms. The van der Waals surface area contributed by atoms with Crippen LogP contribution in [-0.4, -0.2) is 40.5 Å². The molecule has 4 rings (SSSR count). The average molecular weight is 479 g/mol. The van der Waals surface area contributed by atoms with Gasteiger partial charge in [-0.2, -0.15) is 5.10 Å². The molecule has 0 saturated heterocycles. The third kappa shape index (κ3) is 5.35. The topological polar surface area (TPSA) is 44.5 Å². The van der Waals surface area contributed by atoms with Crippen LogP contribution in [0.25, 0.3) is 11.4 Å². The molecule has 4 aromatic rings. The third-order valence-corrected chi connectivity index (χ3v) is 5.92. The molecule has 0 unspecified atom stereocenters. The monoisotopic (exact) mass is 478 g/mol. The Morgan fingerprint density at radius 3 is 2.29 bits per heavy atom. The number of benzene rings is 3. The first-order valence-corrected chi connectivity index (χ1v) is 11.3. The molecule has 34 heavy (non-hydrogen) atoms. The van der Waals surface area contributed by atoms with Crippen LogP contribution in [0.5, 0.6) is 11.5 Å². The summed E-state index contributed by atoms with van der Waals surface area (Å²) in [4.78, 5) is 2.12. The summed E-state index contributed by atoms with van der Waals surface area (Å²) < 4.78 is 28.7. The zero-order valence-corrected chi connectivity index (χ0v) is 20.3. The van der Waals surface area contributed by atoms with Crippen LogP contribution in [0.2, 0.25) is 0 Å². The van der Waals surface area contributed by atoms with E-state index in [1.807, 2.05) is 48.0 Å². The number of ether oxygens (including phenoxy) is 2. The summed E-state index contributed by atoms with van der Waals surface area (Å²) in [6.07, 6.45) is 0. The molecular formula is C26H27FN4O2S. The Kier molecular flexibility index (Phi) is 7.40. The van der Waals surface area contributed by atoms with Gasteiger partial charge in [0.15, 0.2) is 22.1 Å². The van der Waals surface area contributed by atoms with Crippen molar-refractivity contribution < 1.29 is 13.9 Å². The van der Waals surface area contributed by atoms with Gasteiger partial charge in [-0.25, -0.2) is 9.07 Å². The molecule has 0 aliphatic heterocycles. The van der Waals surface area contributed by atoms with Gasteiger partial charge in [0.2, 0.25) is 0 Å². The minimum atomic E-state index is -0.286. The van der Waals surface area contributed by atoms with Gasteiger partial charge in [0.05, 0.1) is 27.4 Å². The van der Waals surface area contributed by atoms with Gasteiger partial charge in [0.25, 0.3) is 0 Å². The van der Waals surface area contributed by atoms with Gasteiger partial charge in [0.1, 0.15) is 5.82 Å². The molecule has 1 heterocycles. The van der Waals surface area contributed by atoms with E-state index in [0.717, 1.165) is 16.7 Å². The van der Waals surface area contributed by atoms with E-state index >= 15 is 0 Å². The van der Waals surface area contributed by atoms with E-state index < -0.39 is 0 Å². The fourth-order valence-corrected chi connectivity index (χ4v) is 4.07. The molecule has 0 aliphatic carbocycles. The highest BCUT2D eigenvalue weighted by molar-refractivity contribution is 7.71. The Bertz CT molecular complexity index is 1300. The highest BCUT2D eigenvalue weighted by Gasteiger charge is 2.15. The van der Waals surface area contributed by atoms with E-state index in [4.69, 9.17) is 26.8 Å². The van der Waals surface area contributed by atoms with Crippen LogP contribution >= 0.6 is 12.2 Å². The van der Waals surface area contributed by atoms with E-state index in [2.05, 4.69) is 17.0 Å². The standard InChI is InChI=1S/C26H27FN4O2S/c1-29(16-20-9-14-23(32-2)24(15-20)33-3)18-31-26(34)30(17-19-7-5-4-6-8-19)25(28-31)21-10-12-22(27)13-11-21/h4-15H,16-18H2,1-3H3. The Morgan fingerprint density at radius 2 is 1.62 bits per heavy atom. The van der Waals surface area contributed by atoms with Crippen LogP contribution in [0.1, 0.15) is 11.1 Å². The first-order chi connectivity index (χ1) is 16.5.